The number of aryl methyl sites for hydroxylation is 1. The molecule has 22 heavy (non-hydrogen) atoms. The molecule has 0 amide bonds. The third kappa shape index (κ3) is 2.47. The highest BCUT2D eigenvalue weighted by atomic mass is 32.2. The molecule has 5 nitrogen and oxygen atoms in total. The molecular formula is C16H21N5S. The predicted molar refractivity (Wildman–Crippen MR) is 93.0 cm³/mol. The van der Waals surface area contributed by atoms with Crippen LogP contribution in [0.25, 0.3) is 0 Å². The van der Waals surface area contributed by atoms with Gasteiger partial charge in [-0.1, -0.05) is 13.0 Å². The van der Waals surface area contributed by atoms with E-state index in [1.807, 2.05) is 11.9 Å². The maximum Gasteiger partial charge on any atom is 0.195 e. The van der Waals surface area contributed by atoms with E-state index in [0.29, 0.717) is 12.5 Å². The van der Waals surface area contributed by atoms with Crippen molar-refractivity contribution in [2.75, 3.05) is 13.7 Å². The zero-order valence-electron chi connectivity index (χ0n) is 13.4. The van der Waals surface area contributed by atoms with Gasteiger partial charge in [0.05, 0.1) is 6.67 Å². The van der Waals surface area contributed by atoms with E-state index in [4.69, 9.17) is 5.73 Å². The molecule has 0 aliphatic carbocycles. The van der Waals surface area contributed by atoms with Gasteiger partial charge < -0.3 is 16.0 Å². The normalized spacial score (nSPS) is 17.2. The van der Waals surface area contributed by atoms with Crippen LogP contribution in [-0.4, -0.2) is 29.6 Å². The number of hydrogen-bond donors (Lipinski definition) is 2. The van der Waals surface area contributed by atoms with Crippen molar-refractivity contribution in [2.45, 2.75) is 32.1 Å². The molecule has 2 aliphatic rings. The second-order valence-corrected chi connectivity index (χ2v) is 6.57. The smallest absolute Gasteiger partial charge is 0.195 e. The van der Waals surface area contributed by atoms with Gasteiger partial charge in [0.15, 0.2) is 11.0 Å². The third-order valence-corrected chi connectivity index (χ3v) is 5.11. The highest BCUT2D eigenvalue weighted by Crippen LogP contribution is 2.32. The Morgan fingerprint density at radius 3 is 2.77 bits per heavy atom. The second-order valence-electron chi connectivity index (χ2n) is 5.56. The summed E-state index contributed by atoms with van der Waals surface area (Å²) in [6.45, 7) is 7.18. The van der Waals surface area contributed by atoms with Crippen molar-refractivity contribution in [3.8, 4) is 0 Å². The minimum Gasteiger partial charge on any atom is -0.384 e. The molecule has 0 atom stereocenters. The van der Waals surface area contributed by atoms with Gasteiger partial charge in [0.25, 0.3) is 0 Å². The molecule has 0 unspecified atom stereocenters. The van der Waals surface area contributed by atoms with E-state index >= 15 is 0 Å². The van der Waals surface area contributed by atoms with Gasteiger partial charge in [-0.05, 0) is 54.8 Å². The lowest BCUT2D eigenvalue weighted by Crippen LogP contribution is -2.43. The quantitative estimate of drug-likeness (QED) is 0.879. The number of nitrogens with one attached hydrogen (secondary N) is 1. The fraction of sp³-hybridized carbons (Fsp3) is 0.375. The predicted octanol–water partition coefficient (Wildman–Crippen LogP) is 2.35. The van der Waals surface area contributed by atoms with Gasteiger partial charge in [0.1, 0.15) is 11.5 Å². The summed E-state index contributed by atoms with van der Waals surface area (Å²) in [5.74, 6) is 1.45. The second kappa shape index (κ2) is 5.68. The van der Waals surface area contributed by atoms with Gasteiger partial charge in [0.2, 0.25) is 0 Å². The zero-order valence-corrected chi connectivity index (χ0v) is 14.2. The maximum atomic E-state index is 5.98. The number of fused-ring (bicyclic) bond motifs is 1. The standard InChI is InChI=1S/C16H21N5S/c1-5-11-9(2)6-7-12(10(11)3)22-16-19-13-14(17)18-8-21(4)15(13)20-16/h6-7,18H,5,8,17H2,1-4H3. The summed E-state index contributed by atoms with van der Waals surface area (Å²) in [5, 5.41) is 3.86. The highest BCUT2D eigenvalue weighted by molar-refractivity contribution is 8.14. The Kier molecular flexibility index (Phi) is 3.87. The van der Waals surface area contributed by atoms with Gasteiger partial charge in [-0.25, -0.2) is 9.98 Å². The molecular weight excluding hydrogens is 294 g/mol. The van der Waals surface area contributed by atoms with E-state index in [0.717, 1.165) is 23.1 Å². The van der Waals surface area contributed by atoms with Crippen LogP contribution >= 0.6 is 11.8 Å². The van der Waals surface area contributed by atoms with Crippen molar-refractivity contribution in [1.29, 1.82) is 0 Å². The molecule has 3 N–H and O–H groups in total. The summed E-state index contributed by atoms with van der Waals surface area (Å²) in [4.78, 5) is 12.4. The third-order valence-electron chi connectivity index (χ3n) is 4.08. The van der Waals surface area contributed by atoms with E-state index in [1.165, 1.54) is 21.6 Å². The Balaban J connectivity index is 1.93. The largest absolute Gasteiger partial charge is 0.384 e. The van der Waals surface area contributed by atoms with Crippen LogP contribution in [0.2, 0.25) is 0 Å². The fourth-order valence-corrected chi connectivity index (χ4v) is 3.67. The van der Waals surface area contributed by atoms with Crippen molar-refractivity contribution in [3.05, 3.63) is 40.3 Å². The minimum absolute atomic E-state index is 0.599. The molecule has 0 aromatic heterocycles. The topological polar surface area (TPSA) is 66.0 Å². The molecule has 2 aliphatic heterocycles. The van der Waals surface area contributed by atoms with Crippen LogP contribution in [0.3, 0.4) is 0 Å². The van der Waals surface area contributed by atoms with Crippen LogP contribution in [0.5, 0.6) is 0 Å². The van der Waals surface area contributed by atoms with Gasteiger partial charge >= 0.3 is 0 Å². The van der Waals surface area contributed by atoms with Crippen LogP contribution in [0.4, 0.5) is 0 Å². The molecule has 0 saturated carbocycles. The molecule has 0 fully saturated rings. The Bertz CT molecular complexity index is 717. The van der Waals surface area contributed by atoms with Gasteiger partial charge in [-0.2, -0.15) is 0 Å². The molecule has 0 bridgehead atoms. The van der Waals surface area contributed by atoms with Crippen molar-refractivity contribution in [2.24, 2.45) is 15.7 Å². The number of aliphatic imine (C=N–C) groups is 2. The van der Waals surface area contributed by atoms with E-state index in [1.54, 1.807) is 11.8 Å². The molecule has 1 aromatic rings. The first-order chi connectivity index (χ1) is 10.5. The summed E-state index contributed by atoms with van der Waals surface area (Å²) in [5.41, 5.74) is 10.8. The monoisotopic (exact) mass is 315 g/mol. The van der Waals surface area contributed by atoms with Crippen molar-refractivity contribution < 1.29 is 0 Å². The molecule has 6 heteroatoms. The number of hydrogen-bond acceptors (Lipinski definition) is 6. The van der Waals surface area contributed by atoms with Gasteiger partial charge in [0, 0.05) is 11.9 Å². The molecule has 0 saturated heterocycles. The minimum atomic E-state index is 0.599. The highest BCUT2D eigenvalue weighted by Gasteiger charge is 2.27. The fourth-order valence-electron chi connectivity index (χ4n) is 2.79. The van der Waals surface area contributed by atoms with Crippen molar-refractivity contribution >= 4 is 22.8 Å². The molecule has 116 valence electrons. The van der Waals surface area contributed by atoms with Crippen LogP contribution in [0.1, 0.15) is 23.6 Å². The van der Waals surface area contributed by atoms with Gasteiger partial charge in [-0.15, -0.1) is 0 Å². The maximum absolute atomic E-state index is 5.98. The van der Waals surface area contributed by atoms with Crippen LogP contribution in [0, 0.1) is 13.8 Å². The molecule has 0 spiro atoms. The van der Waals surface area contributed by atoms with E-state index in [9.17, 15) is 0 Å². The molecule has 3 rings (SSSR count). The Labute approximate surface area is 135 Å². The summed E-state index contributed by atoms with van der Waals surface area (Å²) in [7, 11) is 1.98. The van der Waals surface area contributed by atoms with E-state index < -0.39 is 0 Å². The number of benzene rings is 1. The number of amidine groups is 2. The van der Waals surface area contributed by atoms with E-state index in [-0.39, 0.29) is 0 Å². The summed E-state index contributed by atoms with van der Waals surface area (Å²) >= 11 is 1.60. The lowest BCUT2D eigenvalue weighted by molar-refractivity contribution is 0.455. The Hall–Kier alpha value is -1.95. The summed E-state index contributed by atoms with van der Waals surface area (Å²) < 4.78 is 0. The summed E-state index contributed by atoms with van der Waals surface area (Å²) in [6, 6.07) is 4.32. The number of likely N-dealkylation sites (N-methyl/N-ethyl adjacent to an activating group) is 1. The lowest BCUT2D eigenvalue weighted by Gasteiger charge is -2.25. The van der Waals surface area contributed by atoms with Gasteiger partial charge in [-0.3, -0.25) is 0 Å². The number of thioether (sulfide) groups is 1. The Morgan fingerprint density at radius 1 is 1.32 bits per heavy atom. The number of nitrogens with two attached hydrogens (primary N) is 1. The first kappa shape index (κ1) is 15.0. The van der Waals surface area contributed by atoms with E-state index in [2.05, 4.69) is 48.2 Å². The first-order valence-corrected chi connectivity index (χ1v) is 8.22. The first-order valence-electron chi connectivity index (χ1n) is 7.40. The average Bonchev–Trinajstić information content (AvgIpc) is 2.92. The average molecular weight is 315 g/mol. The van der Waals surface area contributed by atoms with Crippen molar-refractivity contribution in [1.82, 2.24) is 10.2 Å². The molecule has 0 radical (unpaired) electrons. The van der Waals surface area contributed by atoms with Crippen molar-refractivity contribution in [3.63, 3.8) is 0 Å². The van der Waals surface area contributed by atoms with Crippen LogP contribution in [0.15, 0.2) is 38.5 Å². The SMILES string of the molecule is CCc1c(C)ccc(SC2=NC3=C(N)NCN(C)C3=N2)c1C. The lowest BCUT2D eigenvalue weighted by atomic mass is 10.0. The van der Waals surface area contributed by atoms with Crippen LogP contribution < -0.4 is 11.1 Å². The molecule has 1 aromatic carbocycles. The zero-order chi connectivity index (χ0) is 15.9. The molecule has 2 heterocycles. The van der Waals surface area contributed by atoms with Crippen LogP contribution in [-0.2, 0) is 6.42 Å². The summed E-state index contributed by atoms with van der Waals surface area (Å²) in [6.07, 6.45) is 1.04. The number of nitrogens with zero attached hydrogens (tertiary/aromatic N) is 3. The number of rotatable bonds is 2. The Morgan fingerprint density at radius 2 is 2.09 bits per heavy atom.